The smallest absolute Gasteiger partial charge is 0.387 e. The van der Waals surface area contributed by atoms with E-state index in [0.717, 1.165) is 0 Å². The monoisotopic (exact) mass is 483 g/mol. The van der Waals surface area contributed by atoms with Crippen molar-refractivity contribution < 1.29 is 36.2 Å². The van der Waals surface area contributed by atoms with Crippen LogP contribution in [0.4, 0.5) is 22.0 Å². The van der Waals surface area contributed by atoms with Crippen molar-refractivity contribution in [3.05, 3.63) is 47.4 Å². The van der Waals surface area contributed by atoms with E-state index in [9.17, 15) is 22.0 Å². The third-order valence-corrected chi connectivity index (χ3v) is 5.43. The van der Waals surface area contributed by atoms with Crippen LogP contribution in [0.15, 0.2) is 30.3 Å². The van der Waals surface area contributed by atoms with Gasteiger partial charge in [0.2, 0.25) is 0 Å². The van der Waals surface area contributed by atoms with Crippen LogP contribution in [0, 0.1) is 6.92 Å². The van der Waals surface area contributed by atoms with Gasteiger partial charge in [-0.15, -0.1) is 0 Å². The molecule has 2 aromatic heterocycles. The summed E-state index contributed by atoms with van der Waals surface area (Å²) < 4.78 is 82.8. The molecule has 182 valence electrons. The van der Waals surface area contributed by atoms with Crippen molar-refractivity contribution in [2.75, 3.05) is 20.4 Å². The lowest BCUT2D eigenvalue weighted by Crippen LogP contribution is -2.21. The van der Waals surface area contributed by atoms with Crippen LogP contribution in [-0.4, -0.2) is 47.6 Å². The van der Waals surface area contributed by atoms with Crippen molar-refractivity contribution in [3.8, 4) is 34.1 Å². The van der Waals surface area contributed by atoms with Gasteiger partial charge < -0.3 is 18.8 Å². The summed E-state index contributed by atoms with van der Waals surface area (Å²) in [6.45, 7) is -1.78. The van der Waals surface area contributed by atoms with Gasteiger partial charge in [0.05, 0.1) is 26.0 Å². The van der Waals surface area contributed by atoms with Crippen molar-refractivity contribution in [2.24, 2.45) is 0 Å². The van der Waals surface area contributed by atoms with Gasteiger partial charge in [0.15, 0.2) is 11.5 Å². The summed E-state index contributed by atoms with van der Waals surface area (Å²) in [6.07, 6.45) is -3.11. The quantitative estimate of drug-likeness (QED) is 0.423. The fourth-order valence-electron chi connectivity index (χ4n) is 4.00. The Morgan fingerprint density at radius 3 is 2.56 bits per heavy atom. The van der Waals surface area contributed by atoms with E-state index in [1.165, 1.54) is 31.4 Å². The summed E-state index contributed by atoms with van der Waals surface area (Å²) in [4.78, 5) is 8.60. The molecule has 0 spiro atoms. The van der Waals surface area contributed by atoms with Crippen molar-refractivity contribution in [1.82, 2.24) is 14.5 Å². The Balaban J connectivity index is 1.89. The van der Waals surface area contributed by atoms with E-state index in [1.54, 1.807) is 17.6 Å². The van der Waals surface area contributed by atoms with E-state index >= 15 is 0 Å². The largest absolute Gasteiger partial charge is 0.493 e. The summed E-state index contributed by atoms with van der Waals surface area (Å²) in [5.41, 5.74) is 2.09. The first-order valence-electron chi connectivity index (χ1n) is 10.5. The van der Waals surface area contributed by atoms with E-state index in [2.05, 4.69) is 9.72 Å². The highest BCUT2D eigenvalue weighted by Crippen LogP contribution is 2.37. The highest BCUT2D eigenvalue weighted by molar-refractivity contribution is 5.70. The van der Waals surface area contributed by atoms with Crippen LogP contribution < -0.4 is 9.47 Å². The molecule has 1 aliphatic heterocycles. The van der Waals surface area contributed by atoms with Gasteiger partial charge in [0, 0.05) is 28.9 Å². The number of aromatic nitrogens is 3. The number of nitrogens with zero attached hydrogens (tertiary/aromatic N) is 3. The standard InChI is InChI=1S/C23H22F5N3O3/c1-12-7-14(8-16(29-12)21(25)26)20-17-5-6-33-15(10-24)11-31(17)22(30-20)13-3-4-18(34-23(27)28)19(9-13)32-2/h3-4,7-9,15,21,23H,5-6,10-11H2,1-2H3/t15-/m1/s1. The number of methoxy groups -OCH3 is 1. The maximum Gasteiger partial charge on any atom is 0.387 e. The molecule has 0 amide bonds. The van der Waals surface area contributed by atoms with Crippen LogP contribution in [0.3, 0.4) is 0 Å². The fourth-order valence-corrected chi connectivity index (χ4v) is 4.00. The Bertz CT molecular complexity index is 1170. The number of pyridine rings is 1. The summed E-state index contributed by atoms with van der Waals surface area (Å²) in [5.74, 6) is 0.299. The first-order valence-corrected chi connectivity index (χ1v) is 10.5. The SMILES string of the molecule is COc1cc(-c2nc(-c3cc(C)nc(C(F)F)c3)c3n2C[C@@H](CF)OCC3)ccc1OC(F)F. The molecule has 34 heavy (non-hydrogen) atoms. The number of halogens is 5. The van der Waals surface area contributed by atoms with Gasteiger partial charge in [-0.25, -0.2) is 18.2 Å². The lowest BCUT2D eigenvalue weighted by Gasteiger charge is -2.15. The second-order valence-corrected chi connectivity index (χ2v) is 7.71. The number of aryl methyl sites for hydroxylation is 1. The summed E-state index contributed by atoms with van der Waals surface area (Å²) in [5, 5.41) is 0. The van der Waals surface area contributed by atoms with Gasteiger partial charge in [0.25, 0.3) is 6.43 Å². The molecule has 0 N–H and O–H groups in total. The number of hydrogen-bond acceptors (Lipinski definition) is 5. The molecule has 4 rings (SSSR count). The number of benzene rings is 1. The average Bonchev–Trinajstić information content (AvgIpc) is 3.01. The summed E-state index contributed by atoms with van der Waals surface area (Å²) in [6, 6.07) is 7.27. The lowest BCUT2D eigenvalue weighted by atomic mass is 10.1. The minimum absolute atomic E-state index is 0.0587. The first-order chi connectivity index (χ1) is 16.3. The minimum Gasteiger partial charge on any atom is -0.493 e. The molecule has 0 saturated heterocycles. The van der Waals surface area contributed by atoms with E-state index in [1.807, 2.05) is 0 Å². The molecule has 11 heteroatoms. The molecule has 6 nitrogen and oxygen atoms in total. The topological polar surface area (TPSA) is 58.4 Å². The van der Waals surface area contributed by atoms with E-state index in [-0.39, 0.29) is 30.3 Å². The zero-order valence-electron chi connectivity index (χ0n) is 18.4. The molecule has 0 fully saturated rings. The number of ether oxygens (including phenoxy) is 3. The Labute approximate surface area is 192 Å². The maximum absolute atomic E-state index is 13.5. The van der Waals surface area contributed by atoms with Crippen LogP contribution >= 0.6 is 0 Å². The van der Waals surface area contributed by atoms with Crippen molar-refractivity contribution in [1.29, 1.82) is 0 Å². The van der Waals surface area contributed by atoms with Crippen LogP contribution in [0.2, 0.25) is 0 Å². The lowest BCUT2D eigenvalue weighted by molar-refractivity contribution is -0.0512. The Kier molecular flexibility index (Phi) is 7.01. The van der Waals surface area contributed by atoms with Gasteiger partial charge in [-0.05, 0) is 37.3 Å². The average molecular weight is 483 g/mol. The zero-order valence-corrected chi connectivity index (χ0v) is 18.4. The molecule has 1 aliphatic rings. The highest BCUT2D eigenvalue weighted by Gasteiger charge is 2.27. The molecule has 3 aromatic rings. The van der Waals surface area contributed by atoms with Crippen molar-refractivity contribution >= 4 is 0 Å². The number of imidazole rings is 1. The van der Waals surface area contributed by atoms with Gasteiger partial charge in [-0.3, -0.25) is 4.98 Å². The van der Waals surface area contributed by atoms with Gasteiger partial charge in [-0.1, -0.05) is 0 Å². The molecule has 0 radical (unpaired) electrons. The van der Waals surface area contributed by atoms with Gasteiger partial charge in [0.1, 0.15) is 24.3 Å². The number of alkyl halides is 5. The molecule has 3 heterocycles. The minimum atomic E-state index is -3.03. The molecular formula is C23H22F5N3O3. The third kappa shape index (κ3) is 4.84. The van der Waals surface area contributed by atoms with E-state index in [0.29, 0.717) is 40.5 Å². The zero-order chi connectivity index (χ0) is 24.4. The highest BCUT2D eigenvalue weighted by atomic mass is 19.3. The number of rotatable bonds is 7. The first kappa shape index (κ1) is 23.9. The molecular weight excluding hydrogens is 461 g/mol. The Morgan fingerprint density at radius 1 is 1.09 bits per heavy atom. The normalized spacial score (nSPS) is 16.0. The summed E-state index contributed by atoms with van der Waals surface area (Å²) >= 11 is 0. The van der Waals surface area contributed by atoms with Gasteiger partial charge in [-0.2, -0.15) is 8.78 Å². The summed E-state index contributed by atoms with van der Waals surface area (Å²) in [7, 11) is 1.31. The molecule has 0 aliphatic carbocycles. The molecule has 0 saturated carbocycles. The van der Waals surface area contributed by atoms with Crippen molar-refractivity contribution in [2.45, 2.75) is 39.0 Å². The second-order valence-electron chi connectivity index (χ2n) is 7.71. The van der Waals surface area contributed by atoms with Crippen LogP contribution in [-0.2, 0) is 17.7 Å². The molecule has 1 aromatic carbocycles. The fraction of sp³-hybridized carbons (Fsp3) is 0.391. The van der Waals surface area contributed by atoms with Crippen LogP contribution in [0.1, 0.15) is 23.5 Å². The van der Waals surface area contributed by atoms with E-state index in [4.69, 9.17) is 14.5 Å². The van der Waals surface area contributed by atoms with Crippen LogP contribution in [0.5, 0.6) is 11.5 Å². The molecule has 1 atom stereocenters. The third-order valence-electron chi connectivity index (χ3n) is 5.43. The predicted octanol–water partition coefficient (Wildman–Crippen LogP) is 5.38. The van der Waals surface area contributed by atoms with Crippen molar-refractivity contribution in [3.63, 3.8) is 0 Å². The maximum atomic E-state index is 13.5. The second kappa shape index (κ2) is 9.96. The van der Waals surface area contributed by atoms with Crippen LogP contribution in [0.25, 0.3) is 22.6 Å². The van der Waals surface area contributed by atoms with E-state index < -0.39 is 25.8 Å². The molecule has 0 bridgehead atoms. The Hall–Kier alpha value is -3.21. The Morgan fingerprint density at radius 2 is 1.88 bits per heavy atom. The predicted molar refractivity (Wildman–Crippen MR) is 113 cm³/mol. The number of fused-ring (bicyclic) bond motifs is 1. The number of hydrogen-bond donors (Lipinski definition) is 0. The molecule has 0 unspecified atom stereocenters. The van der Waals surface area contributed by atoms with Gasteiger partial charge >= 0.3 is 6.61 Å².